The zero-order valence-electron chi connectivity index (χ0n) is 20.1. The summed E-state index contributed by atoms with van der Waals surface area (Å²) in [5.74, 6) is 1.04. The van der Waals surface area contributed by atoms with Crippen LogP contribution in [0.25, 0.3) is 0 Å². The maximum atomic E-state index is 13.1. The molecule has 0 aliphatic heterocycles. The van der Waals surface area contributed by atoms with Gasteiger partial charge in [-0.15, -0.1) is 0 Å². The number of hydrogen-bond donors (Lipinski definition) is 1. The second kappa shape index (κ2) is 11.6. The first kappa shape index (κ1) is 26.1. The normalized spacial score (nSPS) is 11.3. The first-order valence-corrected chi connectivity index (χ1v) is 11.4. The number of amides is 1. The molecule has 9 nitrogen and oxygen atoms in total. The third-order valence-corrected chi connectivity index (χ3v) is 5.53. The second-order valence-corrected chi connectivity index (χ2v) is 7.95. The summed E-state index contributed by atoms with van der Waals surface area (Å²) < 4.78 is 13.7. The van der Waals surface area contributed by atoms with Crippen molar-refractivity contribution in [2.75, 3.05) is 19.9 Å². The molecule has 0 saturated heterocycles. The minimum absolute atomic E-state index is 0.204. The predicted octanol–water partition coefficient (Wildman–Crippen LogP) is 4.31. The highest BCUT2D eigenvalue weighted by molar-refractivity contribution is 9.10. The molecule has 3 aromatic heterocycles. The van der Waals surface area contributed by atoms with Crippen molar-refractivity contribution < 1.29 is 14.3 Å². The molecule has 3 heterocycles. The fraction of sp³-hybridized carbons (Fsp3) is 0.391. The van der Waals surface area contributed by atoms with Crippen LogP contribution in [0.15, 0.2) is 35.1 Å². The smallest absolute Gasteiger partial charge is 0.276 e. The third kappa shape index (κ3) is 6.01. The third-order valence-electron chi connectivity index (χ3n) is 4.73. The zero-order chi connectivity index (χ0) is 24.7. The van der Waals surface area contributed by atoms with E-state index < -0.39 is 6.10 Å². The zero-order valence-corrected chi connectivity index (χ0v) is 21.7. The van der Waals surface area contributed by atoms with E-state index in [1.165, 1.54) is 4.90 Å². The van der Waals surface area contributed by atoms with Gasteiger partial charge >= 0.3 is 0 Å². The topological polar surface area (TPSA) is 108 Å². The van der Waals surface area contributed by atoms with Gasteiger partial charge in [0.25, 0.3) is 5.91 Å². The van der Waals surface area contributed by atoms with E-state index in [0.29, 0.717) is 27.6 Å². The number of aryl methyl sites for hydroxylation is 2. The van der Waals surface area contributed by atoms with Gasteiger partial charge in [-0.3, -0.25) is 4.79 Å². The van der Waals surface area contributed by atoms with E-state index in [9.17, 15) is 4.79 Å². The number of aromatic nitrogens is 4. The molecule has 10 heteroatoms. The van der Waals surface area contributed by atoms with Gasteiger partial charge in [-0.25, -0.2) is 14.6 Å². The Bertz CT molecular complexity index is 1100. The van der Waals surface area contributed by atoms with Crippen LogP contribution in [-0.4, -0.2) is 44.7 Å². The van der Waals surface area contributed by atoms with Crippen molar-refractivity contribution in [3.05, 3.63) is 57.6 Å². The quantitative estimate of drug-likeness (QED) is 0.496. The van der Waals surface area contributed by atoms with Gasteiger partial charge in [-0.2, -0.15) is 5.10 Å². The highest BCUT2D eigenvalue weighted by atomic mass is 79.9. The van der Waals surface area contributed by atoms with Gasteiger partial charge in [0.2, 0.25) is 5.88 Å². The second-order valence-electron chi connectivity index (χ2n) is 7.15. The van der Waals surface area contributed by atoms with Gasteiger partial charge in [-0.1, -0.05) is 13.8 Å². The van der Waals surface area contributed by atoms with Crippen LogP contribution in [0.5, 0.6) is 11.6 Å². The molecular formula is C23H31BrN6O3. The maximum Gasteiger partial charge on any atom is 0.276 e. The van der Waals surface area contributed by atoms with Crippen LogP contribution >= 0.6 is 15.9 Å². The number of rotatable bonds is 7. The van der Waals surface area contributed by atoms with Crippen molar-refractivity contribution in [3.63, 3.8) is 0 Å². The fourth-order valence-electron chi connectivity index (χ4n) is 3.16. The molecule has 178 valence electrons. The molecule has 3 aromatic rings. The lowest BCUT2D eigenvalue weighted by molar-refractivity contribution is 0.0769. The average Bonchev–Trinajstić information content (AvgIpc) is 3.08. The van der Waals surface area contributed by atoms with E-state index in [1.807, 2.05) is 33.8 Å². The predicted molar refractivity (Wildman–Crippen MR) is 131 cm³/mol. The number of pyridine rings is 2. The lowest BCUT2D eigenvalue weighted by Gasteiger charge is -2.20. The molecule has 0 aliphatic rings. The van der Waals surface area contributed by atoms with Crippen LogP contribution in [0.3, 0.4) is 0 Å². The first-order chi connectivity index (χ1) is 15.7. The largest absolute Gasteiger partial charge is 0.483 e. The molecule has 3 rings (SSSR count). The Labute approximate surface area is 203 Å². The van der Waals surface area contributed by atoms with E-state index in [0.717, 1.165) is 11.1 Å². The van der Waals surface area contributed by atoms with Gasteiger partial charge in [0.1, 0.15) is 22.1 Å². The number of carbonyl (C=O) groups is 1. The van der Waals surface area contributed by atoms with Gasteiger partial charge in [0.05, 0.1) is 13.7 Å². The van der Waals surface area contributed by atoms with Crippen LogP contribution in [0, 0.1) is 6.92 Å². The van der Waals surface area contributed by atoms with Crippen molar-refractivity contribution >= 4 is 27.7 Å². The molecule has 0 spiro atoms. The van der Waals surface area contributed by atoms with Crippen molar-refractivity contribution in [3.8, 4) is 11.6 Å². The summed E-state index contributed by atoms with van der Waals surface area (Å²) in [6, 6.07) is 5.35. The molecule has 1 unspecified atom stereocenters. The Hall–Kier alpha value is -3.14. The molecule has 33 heavy (non-hydrogen) atoms. The van der Waals surface area contributed by atoms with Crippen LogP contribution < -0.4 is 15.2 Å². The molecule has 0 bridgehead atoms. The molecule has 0 aliphatic carbocycles. The molecular weight excluding hydrogens is 488 g/mol. The summed E-state index contributed by atoms with van der Waals surface area (Å²) in [6.45, 7) is 8.05. The molecule has 0 saturated carbocycles. The highest BCUT2D eigenvalue weighted by Gasteiger charge is 2.23. The average molecular weight is 519 g/mol. The minimum Gasteiger partial charge on any atom is -0.483 e. The standard InChI is InChI=1S/C21H25BrN6O3.C2H6/c1-12-9-14(19(23)25-10-12)13(2)31-16-7-6-8-24-18(16)20(29)27(3)11-15-17(22)21(30-5)28(4)26-15;1-2/h6-10,13H,11H2,1-5H3,(H2,23,25);1-2H3. The van der Waals surface area contributed by atoms with Gasteiger partial charge in [-0.05, 0) is 53.5 Å². The van der Waals surface area contributed by atoms with Crippen LogP contribution in [0.1, 0.15) is 54.2 Å². The summed E-state index contributed by atoms with van der Waals surface area (Å²) in [6.07, 6.45) is 2.84. The van der Waals surface area contributed by atoms with Crippen LogP contribution in [0.4, 0.5) is 5.82 Å². The van der Waals surface area contributed by atoms with Crippen molar-refractivity contribution in [1.29, 1.82) is 0 Å². The lowest BCUT2D eigenvalue weighted by Crippen LogP contribution is -2.28. The van der Waals surface area contributed by atoms with Crippen LogP contribution in [0.2, 0.25) is 0 Å². The molecule has 1 atom stereocenters. The molecule has 0 aromatic carbocycles. The van der Waals surface area contributed by atoms with E-state index in [4.69, 9.17) is 15.2 Å². The van der Waals surface area contributed by atoms with Crippen molar-refractivity contribution in [2.24, 2.45) is 7.05 Å². The van der Waals surface area contributed by atoms with Gasteiger partial charge < -0.3 is 20.1 Å². The lowest BCUT2D eigenvalue weighted by atomic mass is 10.1. The number of nitrogens with two attached hydrogens (primary N) is 1. The minimum atomic E-state index is -0.414. The summed E-state index contributed by atoms with van der Waals surface area (Å²) in [4.78, 5) is 23.1. The van der Waals surface area contributed by atoms with E-state index >= 15 is 0 Å². The number of nitrogens with zero attached hydrogens (tertiary/aromatic N) is 5. The van der Waals surface area contributed by atoms with E-state index in [-0.39, 0.29) is 18.1 Å². The number of carbonyl (C=O) groups excluding carboxylic acids is 1. The fourth-order valence-corrected chi connectivity index (χ4v) is 3.79. The summed E-state index contributed by atoms with van der Waals surface area (Å²) >= 11 is 3.48. The Morgan fingerprint density at radius 2 is 2.03 bits per heavy atom. The number of nitrogen functional groups attached to an aromatic ring is 1. The van der Waals surface area contributed by atoms with E-state index in [1.54, 1.807) is 50.4 Å². The molecule has 0 fully saturated rings. The summed E-state index contributed by atoms with van der Waals surface area (Å²) in [7, 11) is 5.02. The van der Waals surface area contributed by atoms with Crippen molar-refractivity contribution in [1.82, 2.24) is 24.6 Å². The van der Waals surface area contributed by atoms with Gasteiger partial charge in [0.15, 0.2) is 11.4 Å². The van der Waals surface area contributed by atoms with Crippen molar-refractivity contribution in [2.45, 2.75) is 40.3 Å². The number of hydrogen-bond acceptors (Lipinski definition) is 7. The summed E-state index contributed by atoms with van der Waals surface area (Å²) in [5.41, 5.74) is 8.60. The monoisotopic (exact) mass is 518 g/mol. The SMILES string of the molecule is CC.COc1c(Br)c(CN(C)C(=O)c2ncccc2OC(C)c2cc(C)cnc2N)nn1C. The molecule has 0 radical (unpaired) electrons. The highest BCUT2D eigenvalue weighted by Crippen LogP contribution is 2.30. The van der Waals surface area contributed by atoms with Crippen LogP contribution in [-0.2, 0) is 13.6 Å². The van der Waals surface area contributed by atoms with Gasteiger partial charge in [0, 0.05) is 32.1 Å². The first-order valence-electron chi connectivity index (χ1n) is 10.6. The Morgan fingerprint density at radius 3 is 2.67 bits per heavy atom. The Morgan fingerprint density at radius 1 is 1.33 bits per heavy atom. The number of ether oxygens (including phenoxy) is 2. The maximum absolute atomic E-state index is 13.1. The van der Waals surface area contributed by atoms with E-state index in [2.05, 4.69) is 31.0 Å². The summed E-state index contributed by atoms with van der Waals surface area (Å²) in [5, 5.41) is 4.40. The number of anilines is 1. The number of methoxy groups -OCH3 is 1. The number of halogens is 1. The Balaban J connectivity index is 0.00000187. The molecule has 1 amide bonds. The molecule has 2 N–H and O–H groups in total. The Kier molecular flexibility index (Phi) is 9.22.